The zero-order valence-electron chi connectivity index (χ0n) is 10.7. The van der Waals surface area contributed by atoms with Gasteiger partial charge in [0.15, 0.2) is 5.75 Å². The smallest absolute Gasteiger partial charge is 0.154 e. The molecule has 0 aliphatic heterocycles. The number of nitrogen functional groups attached to an aromatic ring is 1. The van der Waals surface area contributed by atoms with Crippen molar-refractivity contribution >= 4 is 28.3 Å². The lowest BCUT2D eigenvalue weighted by Gasteiger charge is -2.12. The Morgan fingerprint density at radius 1 is 1.05 bits per heavy atom. The van der Waals surface area contributed by atoms with Crippen LogP contribution in [0.25, 0.3) is 0 Å². The van der Waals surface area contributed by atoms with Crippen molar-refractivity contribution in [1.29, 1.82) is 0 Å². The van der Waals surface area contributed by atoms with E-state index in [4.69, 9.17) is 15.2 Å². The highest BCUT2D eigenvalue weighted by atomic mass is 127. The van der Waals surface area contributed by atoms with Crippen LogP contribution in [0.1, 0.15) is 13.3 Å². The number of para-hydroxylation sites is 1. The van der Waals surface area contributed by atoms with Crippen LogP contribution >= 0.6 is 22.6 Å². The molecule has 2 aromatic carbocycles. The minimum absolute atomic E-state index is 0.537. The van der Waals surface area contributed by atoms with E-state index in [1.165, 1.54) is 0 Å². The molecule has 19 heavy (non-hydrogen) atoms. The van der Waals surface area contributed by atoms with E-state index in [-0.39, 0.29) is 0 Å². The summed E-state index contributed by atoms with van der Waals surface area (Å²) < 4.78 is 12.5. The van der Waals surface area contributed by atoms with E-state index >= 15 is 0 Å². The molecule has 0 saturated carbocycles. The molecule has 0 heterocycles. The van der Waals surface area contributed by atoms with Crippen molar-refractivity contribution in [2.45, 2.75) is 13.3 Å². The Bertz CT molecular complexity index is 540. The fraction of sp³-hybridized carbons (Fsp3) is 0.200. The van der Waals surface area contributed by atoms with Crippen LogP contribution in [0.4, 0.5) is 5.69 Å². The van der Waals surface area contributed by atoms with Crippen molar-refractivity contribution < 1.29 is 9.47 Å². The molecule has 0 aliphatic carbocycles. The second kappa shape index (κ2) is 6.65. The number of hydrogen-bond acceptors (Lipinski definition) is 3. The van der Waals surface area contributed by atoms with Gasteiger partial charge in [-0.1, -0.05) is 13.0 Å². The largest absolute Gasteiger partial charge is 0.491 e. The first-order valence-electron chi connectivity index (χ1n) is 6.15. The normalized spacial score (nSPS) is 10.2. The van der Waals surface area contributed by atoms with Crippen molar-refractivity contribution in [2.75, 3.05) is 12.3 Å². The lowest BCUT2D eigenvalue weighted by molar-refractivity contribution is 0.318. The second-order valence-electron chi connectivity index (χ2n) is 4.07. The van der Waals surface area contributed by atoms with E-state index in [0.29, 0.717) is 23.8 Å². The van der Waals surface area contributed by atoms with Crippen LogP contribution in [-0.4, -0.2) is 6.61 Å². The molecule has 0 bridgehead atoms. The number of rotatable bonds is 5. The number of nitrogens with two attached hydrogens (primary N) is 1. The Morgan fingerprint density at radius 3 is 2.42 bits per heavy atom. The average Bonchev–Trinajstić information content (AvgIpc) is 2.42. The molecule has 0 aromatic heterocycles. The summed E-state index contributed by atoms with van der Waals surface area (Å²) in [6.07, 6.45) is 0.946. The number of benzene rings is 2. The van der Waals surface area contributed by atoms with Crippen LogP contribution in [0.15, 0.2) is 42.5 Å². The zero-order chi connectivity index (χ0) is 13.7. The maximum Gasteiger partial charge on any atom is 0.154 e. The Balaban J connectivity index is 2.18. The molecular weight excluding hydrogens is 353 g/mol. The van der Waals surface area contributed by atoms with E-state index in [9.17, 15) is 0 Å². The van der Waals surface area contributed by atoms with E-state index in [2.05, 4.69) is 29.5 Å². The van der Waals surface area contributed by atoms with E-state index in [1.807, 2.05) is 42.5 Å². The Kier molecular flexibility index (Phi) is 4.90. The Hall–Kier alpha value is -1.43. The molecule has 0 radical (unpaired) electrons. The Labute approximate surface area is 126 Å². The molecule has 0 aliphatic rings. The summed E-state index contributed by atoms with van der Waals surface area (Å²) in [5, 5.41) is 0. The lowest BCUT2D eigenvalue weighted by atomic mass is 10.2. The van der Waals surface area contributed by atoms with E-state index < -0.39 is 0 Å². The third-order valence-electron chi connectivity index (χ3n) is 2.53. The minimum atomic E-state index is 0.537. The van der Waals surface area contributed by atoms with E-state index in [0.717, 1.165) is 15.7 Å². The summed E-state index contributed by atoms with van der Waals surface area (Å²) >= 11 is 2.25. The highest BCUT2D eigenvalue weighted by Gasteiger charge is 2.08. The molecule has 0 saturated heterocycles. The molecular formula is C15H16INO2. The van der Waals surface area contributed by atoms with Gasteiger partial charge in [0.2, 0.25) is 0 Å². The summed E-state index contributed by atoms with van der Waals surface area (Å²) in [6.45, 7) is 2.71. The number of anilines is 1. The predicted octanol–water partition coefficient (Wildman–Crippen LogP) is 4.45. The quantitative estimate of drug-likeness (QED) is 0.626. The van der Waals surface area contributed by atoms with Crippen LogP contribution in [0.5, 0.6) is 17.2 Å². The fourth-order valence-electron chi connectivity index (χ4n) is 1.58. The molecule has 3 nitrogen and oxygen atoms in total. The topological polar surface area (TPSA) is 44.5 Å². The first-order valence-corrected chi connectivity index (χ1v) is 7.23. The first kappa shape index (κ1) is 14.0. The standard InChI is InChI=1S/C15H16INO2/c1-2-10-18-13-4-3-5-14(15(13)17)19-12-8-6-11(16)7-9-12/h3-9H,2,10,17H2,1H3. The van der Waals surface area contributed by atoms with Crippen LogP contribution in [0, 0.1) is 3.57 Å². The molecule has 2 aromatic rings. The van der Waals surface area contributed by atoms with Crippen molar-refractivity contribution in [1.82, 2.24) is 0 Å². The summed E-state index contributed by atoms with van der Waals surface area (Å²) in [5.74, 6) is 2.06. The van der Waals surface area contributed by atoms with Crippen molar-refractivity contribution in [2.24, 2.45) is 0 Å². The van der Waals surface area contributed by atoms with Gasteiger partial charge in [0.1, 0.15) is 17.2 Å². The average molecular weight is 369 g/mol. The molecule has 0 spiro atoms. The van der Waals surface area contributed by atoms with Gasteiger partial charge >= 0.3 is 0 Å². The van der Waals surface area contributed by atoms with E-state index in [1.54, 1.807) is 0 Å². The van der Waals surface area contributed by atoms with Crippen LogP contribution in [-0.2, 0) is 0 Å². The summed E-state index contributed by atoms with van der Waals surface area (Å²) in [5.41, 5.74) is 6.59. The maximum absolute atomic E-state index is 6.05. The van der Waals surface area contributed by atoms with Gasteiger partial charge in [0.25, 0.3) is 0 Å². The van der Waals surface area contributed by atoms with Gasteiger partial charge in [-0.25, -0.2) is 0 Å². The third-order valence-corrected chi connectivity index (χ3v) is 3.25. The summed E-state index contributed by atoms with van der Waals surface area (Å²) in [7, 11) is 0. The minimum Gasteiger partial charge on any atom is -0.491 e. The lowest BCUT2D eigenvalue weighted by Crippen LogP contribution is -2.00. The van der Waals surface area contributed by atoms with Gasteiger partial charge in [-0.3, -0.25) is 0 Å². The predicted molar refractivity (Wildman–Crippen MR) is 85.9 cm³/mol. The molecule has 2 N–H and O–H groups in total. The van der Waals surface area contributed by atoms with Crippen LogP contribution in [0.2, 0.25) is 0 Å². The number of ether oxygens (including phenoxy) is 2. The summed E-state index contributed by atoms with van der Waals surface area (Å²) in [6, 6.07) is 13.4. The second-order valence-corrected chi connectivity index (χ2v) is 5.32. The van der Waals surface area contributed by atoms with Gasteiger partial charge in [0.05, 0.1) is 6.61 Å². The number of hydrogen-bond donors (Lipinski definition) is 1. The Morgan fingerprint density at radius 2 is 1.74 bits per heavy atom. The van der Waals surface area contributed by atoms with Crippen LogP contribution in [0.3, 0.4) is 0 Å². The highest BCUT2D eigenvalue weighted by Crippen LogP contribution is 2.34. The molecule has 2 rings (SSSR count). The molecule has 0 amide bonds. The van der Waals surface area contributed by atoms with Crippen LogP contribution < -0.4 is 15.2 Å². The third kappa shape index (κ3) is 3.76. The fourth-order valence-corrected chi connectivity index (χ4v) is 1.94. The molecule has 0 unspecified atom stereocenters. The maximum atomic E-state index is 6.05. The molecule has 0 fully saturated rings. The van der Waals surface area contributed by atoms with Crippen molar-refractivity contribution in [3.63, 3.8) is 0 Å². The molecule has 0 atom stereocenters. The van der Waals surface area contributed by atoms with Gasteiger partial charge < -0.3 is 15.2 Å². The van der Waals surface area contributed by atoms with Gasteiger partial charge in [-0.2, -0.15) is 0 Å². The monoisotopic (exact) mass is 369 g/mol. The van der Waals surface area contributed by atoms with Crippen molar-refractivity contribution in [3.05, 3.63) is 46.0 Å². The van der Waals surface area contributed by atoms with Gasteiger partial charge in [-0.15, -0.1) is 0 Å². The number of halogens is 1. The van der Waals surface area contributed by atoms with Gasteiger partial charge in [0, 0.05) is 3.57 Å². The highest BCUT2D eigenvalue weighted by molar-refractivity contribution is 14.1. The van der Waals surface area contributed by atoms with Gasteiger partial charge in [-0.05, 0) is 65.4 Å². The SMILES string of the molecule is CCCOc1cccc(Oc2ccc(I)cc2)c1N. The zero-order valence-corrected chi connectivity index (χ0v) is 12.9. The summed E-state index contributed by atoms with van der Waals surface area (Å²) in [4.78, 5) is 0. The van der Waals surface area contributed by atoms with Crippen molar-refractivity contribution in [3.8, 4) is 17.2 Å². The first-order chi connectivity index (χ1) is 9.20. The molecule has 100 valence electrons. The molecule has 4 heteroatoms.